The Kier molecular flexibility index (Phi) is 7.35. The van der Waals surface area contributed by atoms with Crippen LogP contribution in [0.2, 0.25) is 0 Å². The maximum Gasteiger partial charge on any atom is 0.245 e. The fourth-order valence-corrected chi connectivity index (χ4v) is 8.89. The van der Waals surface area contributed by atoms with Gasteiger partial charge in [0.2, 0.25) is 5.78 Å². The third-order valence-corrected chi connectivity index (χ3v) is 11.3. The van der Waals surface area contributed by atoms with Gasteiger partial charge in [0.25, 0.3) is 0 Å². The number of hydrogen-bond donors (Lipinski definition) is 0. The number of Topliss-reactive ketones (excluding diaryl/α,β-unsaturated/α-hetero) is 2. The topological polar surface area (TPSA) is 94.5 Å². The van der Waals surface area contributed by atoms with Crippen molar-refractivity contribution in [2.75, 3.05) is 11.5 Å². The van der Waals surface area contributed by atoms with E-state index in [4.69, 9.17) is 0 Å². The summed E-state index contributed by atoms with van der Waals surface area (Å²) in [4.78, 5) is 28.3. The summed E-state index contributed by atoms with van der Waals surface area (Å²) in [5, 5.41) is 20.7. The van der Waals surface area contributed by atoms with E-state index in [1.54, 1.807) is 11.3 Å². The molecule has 0 fully saturated rings. The van der Waals surface area contributed by atoms with Gasteiger partial charge in [-0.05, 0) is 36.2 Å². The first-order chi connectivity index (χ1) is 20.8. The third kappa shape index (κ3) is 5.17. The van der Waals surface area contributed by atoms with Gasteiger partial charge in [-0.3, -0.25) is 9.59 Å². The minimum absolute atomic E-state index is 0.0257. The molecule has 2 aromatic carbocycles. The van der Waals surface area contributed by atoms with Crippen LogP contribution in [0, 0.1) is 11.3 Å². The van der Waals surface area contributed by atoms with Crippen molar-refractivity contribution in [2.24, 2.45) is 11.3 Å². The lowest BCUT2D eigenvalue weighted by Crippen LogP contribution is -2.26. The number of ketones is 2. The number of hydrogen-bond acceptors (Lipinski definition) is 9. The summed E-state index contributed by atoms with van der Waals surface area (Å²) >= 11 is 4.52. The van der Waals surface area contributed by atoms with Gasteiger partial charge < -0.3 is 0 Å². The highest BCUT2D eigenvalue weighted by Gasteiger charge is 2.33. The second-order valence-electron chi connectivity index (χ2n) is 11.9. The maximum absolute atomic E-state index is 13.0. The Morgan fingerprint density at radius 2 is 1.42 bits per heavy atom. The lowest BCUT2D eigenvalue weighted by Gasteiger charge is -2.33. The number of carbonyl (C=O) groups excluding carboxylic acids is 2. The van der Waals surface area contributed by atoms with Gasteiger partial charge in [0.05, 0.1) is 16.9 Å². The summed E-state index contributed by atoms with van der Waals surface area (Å²) in [6.45, 7) is 6.97. The Bertz CT molecular complexity index is 1990. The zero-order valence-corrected chi connectivity index (χ0v) is 26.6. The standard InChI is InChI=1S/C32H30N6O2S3/c1-32(2,3)21-14-15-22-25(16-21)43-28-26(22)27-33-35-30(41-17-23(39)19-10-6-4-7-11-19)37(27)29-34-36-31(38(28)29)42-18-24(40)20-12-8-5-9-13-20/h4-13,21H,14-18H2,1-3H3. The molecule has 4 heterocycles. The fourth-order valence-electron chi connectivity index (χ4n) is 5.76. The Hall–Kier alpha value is -3.54. The largest absolute Gasteiger partial charge is 0.293 e. The molecule has 0 radical (unpaired) electrons. The van der Waals surface area contributed by atoms with Crippen molar-refractivity contribution in [1.82, 2.24) is 29.2 Å². The van der Waals surface area contributed by atoms with Crippen molar-refractivity contribution in [2.45, 2.75) is 50.3 Å². The Morgan fingerprint density at radius 1 is 0.837 bits per heavy atom. The minimum Gasteiger partial charge on any atom is -0.293 e. The molecule has 1 aliphatic carbocycles. The van der Waals surface area contributed by atoms with E-state index >= 15 is 0 Å². The molecular formula is C32H30N6O2S3. The second kappa shape index (κ2) is 11.2. The van der Waals surface area contributed by atoms with Crippen LogP contribution < -0.4 is 0 Å². The molecule has 218 valence electrons. The summed E-state index contributed by atoms with van der Waals surface area (Å²) in [6.07, 6.45) is 3.10. The molecule has 4 aromatic heterocycles. The molecule has 1 atom stereocenters. The molecule has 0 saturated carbocycles. The summed E-state index contributed by atoms with van der Waals surface area (Å²) in [5.74, 6) is 1.71. The summed E-state index contributed by atoms with van der Waals surface area (Å²) in [7, 11) is 0. The van der Waals surface area contributed by atoms with Crippen molar-refractivity contribution < 1.29 is 9.59 Å². The first-order valence-electron chi connectivity index (χ1n) is 14.3. The van der Waals surface area contributed by atoms with Crippen LogP contribution in [-0.4, -0.2) is 52.3 Å². The second-order valence-corrected chi connectivity index (χ2v) is 14.9. The lowest BCUT2D eigenvalue weighted by molar-refractivity contribution is 0.101. The Labute approximate surface area is 261 Å². The van der Waals surface area contributed by atoms with Crippen LogP contribution in [0.25, 0.3) is 21.6 Å². The number of aryl methyl sites for hydroxylation is 1. The summed E-state index contributed by atoms with van der Waals surface area (Å²) < 4.78 is 4.00. The van der Waals surface area contributed by atoms with Crippen LogP contribution in [0.1, 0.15) is 58.3 Å². The molecule has 8 nitrogen and oxygen atoms in total. The third-order valence-electron chi connectivity index (χ3n) is 8.20. The highest BCUT2D eigenvalue weighted by Crippen LogP contribution is 2.45. The smallest absolute Gasteiger partial charge is 0.245 e. The van der Waals surface area contributed by atoms with Crippen molar-refractivity contribution in [3.05, 3.63) is 82.2 Å². The monoisotopic (exact) mass is 626 g/mol. The van der Waals surface area contributed by atoms with E-state index in [-0.39, 0.29) is 28.5 Å². The quantitative estimate of drug-likeness (QED) is 0.131. The molecule has 0 spiro atoms. The molecule has 11 heteroatoms. The van der Waals surface area contributed by atoms with Crippen molar-refractivity contribution in [3.8, 4) is 0 Å². The number of carbonyl (C=O) groups is 2. The van der Waals surface area contributed by atoms with Crippen LogP contribution in [0.4, 0.5) is 0 Å². The van der Waals surface area contributed by atoms with Gasteiger partial charge in [0.1, 0.15) is 4.83 Å². The summed E-state index contributed by atoms with van der Waals surface area (Å²) in [5.41, 5.74) is 3.63. The van der Waals surface area contributed by atoms with Gasteiger partial charge >= 0.3 is 0 Å². The van der Waals surface area contributed by atoms with Crippen molar-refractivity contribution in [1.29, 1.82) is 0 Å². The number of thiophene rings is 1. The summed E-state index contributed by atoms with van der Waals surface area (Å²) in [6, 6.07) is 18.6. The van der Waals surface area contributed by atoms with Crippen LogP contribution in [0.5, 0.6) is 0 Å². The minimum atomic E-state index is 0.0257. The van der Waals surface area contributed by atoms with E-state index in [2.05, 4.69) is 45.6 Å². The van der Waals surface area contributed by atoms with E-state index in [1.165, 1.54) is 34.0 Å². The molecule has 0 N–H and O–H groups in total. The average Bonchev–Trinajstić information content (AvgIpc) is 3.73. The molecular weight excluding hydrogens is 597 g/mol. The average molecular weight is 627 g/mol. The number of rotatable bonds is 8. The van der Waals surface area contributed by atoms with Crippen LogP contribution in [0.3, 0.4) is 0 Å². The molecule has 0 saturated heterocycles. The van der Waals surface area contributed by atoms with E-state index < -0.39 is 0 Å². The molecule has 43 heavy (non-hydrogen) atoms. The van der Waals surface area contributed by atoms with Crippen LogP contribution in [-0.2, 0) is 12.8 Å². The molecule has 1 unspecified atom stereocenters. The molecule has 6 aromatic rings. The number of fused-ring (bicyclic) bond motifs is 8. The predicted octanol–water partition coefficient (Wildman–Crippen LogP) is 7.09. The number of benzene rings is 2. The number of aromatic nitrogens is 6. The van der Waals surface area contributed by atoms with Crippen molar-refractivity contribution in [3.63, 3.8) is 0 Å². The Balaban J connectivity index is 1.33. The van der Waals surface area contributed by atoms with E-state index in [0.717, 1.165) is 35.1 Å². The highest BCUT2D eigenvalue weighted by atomic mass is 32.2. The molecule has 7 rings (SSSR count). The normalized spacial score (nSPS) is 15.4. The zero-order valence-electron chi connectivity index (χ0n) is 24.1. The first-order valence-corrected chi connectivity index (χ1v) is 17.1. The van der Waals surface area contributed by atoms with Crippen LogP contribution in [0.15, 0.2) is 71.0 Å². The van der Waals surface area contributed by atoms with Crippen LogP contribution >= 0.6 is 34.9 Å². The van der Waals surface area contributed by atoms with Gasteiger partial charge in [-0.2, -0.15) is 0 Å². The van der Waals surface area contributed by atoms with Crippen molar-refractivity contribution >= 4 is 68.1 Å². The number of thioether (sulfide) groups is 2. The first kappa shape index (κ1) is 28.2. The molecule has 0 amide bonds. The fraction of sp³-hybridized carbons (Fsp3) is 0.312. The molecule has 0 aliphatic heterocycles. The van der Waals surface area contributed by atoms with E-state index in [9.17, 15) is 9.59 Å². The predicted molar refractivity (Wildman–Crippen MR) is 173 cm³/mol. The van der Waals surface area contributed by atoms with Gasteiger partial charge in [0, 0.05) is 16.0 Å². The van der Waals surface area contributed by atoms with E-state index in [1.807, 2.05) is 65.1 Å². The van der Waals surface area contributed by atoms with E-state index in [0.29, 0.717) is 33.1 Å². The molecule has 1 aliphatic rings. The highest BCUT2D eigenvalue weighted by molar-refractivity contribution is 8.00. The van der Waals surface area contributed by atoms with Gasteiger partial charge in [-0.15, -0.1) is 31.7 Å². The Morgan fingerprint density at radius 3 is 2.02 bits per heavy atom. The van der Waals surface area contributed by atoms with Gasteiger partial charge in [-0.1, -0.05) is 105 Å². The lowest BCUT2D eigenvalue weighted by atomic mass is 9.72. The zero-order chi connectivity index (χ0) is 29.7. The van der Waals surface area contributed by atoms with Gasteiger partial charge in [0.15, 0.2) is 27.5 Å². The van der Waals surface area contributed by atoms with Gasteiger partial charge in [-0.25, -0.2) is 8.80 Å². The SMILES string of the molecule is CC(C)(C)C1CCc2c(sc3c2c2nnc(SCC(=O)c4ccccc4)n2c2nnc(SCC(=O)c4ccccc4)n32)C1. The maximum atomic E-state index is 13.0. The number of nitrogens with zero attached hydrogens (tertiary/aromatic N) is 6. The molecule has 0 bridgehead atoms.